The van der Waals surface area contributed by atoms with Gasteiger partial charge in [-0.3, -0.25) is 4.79 Å². The van der Waals surface area contributed by atoms with E-state index in [1.165, 1.54) is 12.1 Å². The van der Waals surface area contributed by atoms with E-state index in [1.54, 1.807) is 6.92 Å². The van der Waals surface area contributed by atoms with Gasteiger partial charge in [0, 0.05) is 12.1 Å². The van der Waals surface area contributed by atoms with Gasteiger partial charge >= 0.3 is 5.97 Å². The summed E-state index contributed by atoms with van der Waals surface area (Å²) in [5, 5.41) is 11.4. The minimum Gasteiger partial charge on any atom is -0.478 e. The normalized spacial score (nSPS) is 12.1. The van der Waals surface area contributed by atoms with Crippen LogP contribution in [0.4, 0.5) is 4.39 Å². The molecule has 0 heterocycles. The molecule has 4 N–H and O–H groups in total. The summed E-state index contributed by atoms with van der Waals surface area (Å²) < 4.78 is 13.3. The molecule has 1 unspecified atom stereocenters. The molecule has 0 bridgehead atoms. The second-order valence-corrected chi connectivity index (χ2v) is 3.62. The molecular formula is C11H13FN2O3. The van der Waals surface area contributed by atoms with Gasteiger partial charge in [0.2, 0.25) is 5.91 Å². The maximum absolute atomic E-state index is 13.3. The number of carbonyl (C=O) groups excluding carboxylic acids is 1. The van der Waals surface area contributed by atoms with Gasteiger partial charge in [-0.2, -0.15) is 0 Å². The summed E-state index contributed by atoms with van der Waals surface area (Å²) >= 11 is 0. The van der Waals surface area contributed by atoms with Gasteiger partial charge in [0.1, 0.15) is 5.82 Å². The first-order chi connectivity index (χ1) is 7.91. The molecule has 1 rings (SSSR count). The number of nitrogens with one attached hydrogen (secondary N) is 1. The molecule has 1 amide bonds. The van der Waals surface area contributed by atoms with Crippen molar-refractivity contribution in [3.63, 3.8) is 0 Å². The highest BCUT2D eigenvalue weighted by Gasteiger charge is 2.11. The number of benzene rings is 1. The van der Waals surface area contributed by atoms with Gasteiger partial charge in [-0.25, -0.2) is 9.18 Å². The Morgan fingerprint density at radius 1 is 1.53 bits per heavy atom. The minimum atomic E-state index is -1.13. The fourth-order valence-corrected chi connectivity index (χ4v) is 1.21. The number of amides is 1. The first-order valence-corrected chi connectivity index (χ1v) is 4.96. The molecule has 17 heavy (non-hydrogen) atoms. The van der Waals surface area contributed by atoms with Crippen molar-refractivity contribution in [1.29, 1.82) is 0 Å². The number of rotatable bonds is 5. The fourth-order valence-electron chi connectivity index (χ4n) is 1.21. The summed E-state index contributed by atoms with van der Waals surface area (Å²) in [6.07, 6.45) is 0. The van der Waals surface area contributed by atoms with E-state index in [-0.39, 0.29) is 17.7 Å². The van der Waals surface area contributed by atoms with E-state index in [1.807, 2.05) is 0 Å². The quantitative estimate of drug-likeness (QED) is 0.698. The highest BCUT2D eigenvalue weighted by atomic mass is 19.1. The van der Waals surface area contributed by atoms with Crippen molar-refractivity contribution >= 4 is 11.9 Å². The molecule has 0 saturated carbocycles. The van der Waals surface area contributed by atoms with Crippen molar-refractivity contribution in [1.82, 2.24) is 5.32 Å². The standard InChI is InChI=1S/C11H13FN2O3/c1-6(10(13)15)14-5-8-4-7(11(16)17)2-3-9(8)12/h2-4,6,14H,5H2,1H3,(H2,13,15)(H,16,17). The van der Waals surface area contributed by atoms with Crippen LogP contribution in [0.2, 0.25) is 0 Å². The average Bonchev–Trinajstić information content (AvgIpc) is 2.26. The van der Waals surface area contributed by atoms with Crippen LogP contribution in [-0.4, -0.2) is 23.0 Å². The predicted molar refractivity (Wildman–Crippen MR) is 58.9 cm³/mol. The summed E-state index contributed by atoms with van der Waals surface area (Å²) in [6.45, 7) is 1.58. The van der Waals surface area contributed by atoms with Crippen LogP contribution in [0.5, 0.6) is 0 Å². The molecule has 0 radical (unpaired) electrons. The number of carboxylic acids is 1. The summed E-state index contributed by atoms with van der Waals surface area (Å²) in [7, 11) is 0. The van der Waals surface area contributed by atoms with Crippen LogP contribution in [0.3, 0.4) is 0 Å². The van der Waals surface area contributed by atoms with Crippen molar-refractivity contribution in [2.75, 3.05) is 0 Å². The van der Waals surface area contributed by atoms with Crippen LogP contribution in [-0.2, 0) is 11.3 Å². The highest BCUT2D eigenvalue weighted by Crippen LogP contribution is 2.10. The largest absolute Gasteiger partial charge is 0.478 e. The third-order valence-corrected chi connectivity index (χ3v) is 2.32. The van der Waals surface area contributed by atoms with E-state index in [0.717, 1.165) is 6.07 Å². The van der Waals surface area contributed by atoms with Crippen LogP contribution >= 0.6 is 0 Å². The number of halogens is 1. The van der Waals surface area contributed by atoms with Crippen molar-refractivity contribution in [2.45, 2.75) is 19.5 Å². The molecule has 0 aliphatic heterocycles. The van der Waals surface area contributed by atoms with E-state index in [4.69, 9.17) is 10.8 Å². The van der Waals surface area contributed by atoms with E-state index in [0.29, 0.717) is 0 Å². The molecular weight excluding hydrogens is 227 g/mol. The summed E-state index contributed by atoms with van der Waals surface area (Å²) in [4.78, 5) is 21.4. The number of carboxylic acid groups (broad SMARTS) is 1. The molecule has 0 aromatic heterocycles. The summed E-state index contributed by atoms with van der Waals surface area (Å²) in [6, 6.07) is 2.87. The Morgan fingerprint density at radius 2 is 2.18 bits per heavy atom. The van der Waals surface area contributed by atoms with Gasteiger partial charge in [0.25, 0.3) is 0 Å². The zero-order chi connectivity index (χ0) is 13.0. The van der Waals surface area contributed by atoms with Crippen LogP contribution in [0.15, 0.2) is 18.2 Å². The number of nitrogens with two attached hydrogens (primary N) is 1. The molecule has 0 saturated heterocycles. The smallest absolute Gasteiger partial charge is 0.335 e. The number of hydrogen-bond donors (Lipinski definition) is 3. The van der Waals surface area contributed by atoms with Crippen molar-refractivity contribution in [3.05, 3.63) is 35.1 Å². The van der Waals surface area contributed by atoms with E-state index < -0.39 is 23.7 Å². The Balaban J connectivity index is 2.79. The Kier molecular flexibility index (Phi) is 4.17. The molecule has 1 aromatic rings. The van der Waals surface area contributed by atoms with Gasteiger partial charge in [-0.15, -0.1) is 0 Å². The number of aromatic carboxylic acids is 1. The number of primary amides is 1. The third-order valence-electron chi connectivity index (χ3n) is 2.32. The molecule has 5 nitrogen and oxygen atoms in total. The number of carbonyl (C=O) groups is 2. The Bertz CT molecular complexity index is 448. The molecule has 0 aliphatic rings. The first-order valence-electron chi connectivity index (χ1n) is 4.96. The summed E-state index contributed by atoms with van der Waals surface area (Å²) in [5.74, 6) is -2.21. The van der Waals surface area contributed by atoms with Crippen molar-refractivity contribution in [3.8, 4) is 0 Å². The Labute approximate surface area is 97.4 Å². The maximum atomic E-state index is 13.3. The second-order valence-electron chi connectivity index (χ2n) is 3.62. The lowest BCUT2D eigenvalue weighted by atomic mass is 10.1. The molecule has 1 atom stereocenters. The molecule has 6 heteroatoms. The zero-order valence-electron chi connectivity index (χ0n) is 9.24. The fraction of sp³-hybridized carbons (Fsp3) is 0.273. The van der Waals surface area contributed by atoms with Crippen LogP contribution < -0.4 is 11.1 Å². The van der Waals surface area contributed by atoms with Gasteiger partial charge < -0.3 is 16.2 Å². The lowest BCUT2D eigenvalue weighted by Gasteiger charge is -2.10. The monoisotopic (exact) mass is 240 g/mol. The van der Waals surface area contributed by atoms with Crippen LogP contribution in [0, 0.1) is 5.82 Å². The average molecular weight is 240 g/mol. The van der Waals surface area contributed by atoms with Crippen LogP contribution in [0.25, 0.3) is 0 Å². The van der Waals surface area contributed by atoms with Gasteiger partial charge in [0.15, 0.2) is 0 Å². The Morgan fingerprint density at radius 3 is 2.71 bits per heavy atom. The first kappa shape index (κ1) is 13.1. The van der Waals surface area contributed by atoms with E-state index in [9.17, 15) is 14.0 Å². The van der Waals surface area contributed by atoms with Gasteiger partial charge in [-0.1, -0.05) is 0 Å². The van der Waals surface area contributed by atoms with Gasteiger partial charge in [0.05, 0.1) is 11.6 Å². The SMILES string of the molecule is CC(NCc1cc(C(=O)O)ccc1F)C(N)=O. The number of hydrogen-bond acceptors (Lipinski definition) is 3. The summed E-state index contributed by atoms with van der Waals surface area (Å²) in [5.41, 5.74) is 5.20. The molecule has 0 spiro atoms. The topological polar surface area (TPSA) is 92.4 Å². The van der Waals surface area contributed by atoms with Crippen LogP contribution in [0.1, 0.15) is 22.8 Å². The third kappa shape index (κ3) is 3.53. The second kappa shape index (κ2) is 5.40. The lowest BCUT2D eigenvalue weighted by molar-refractivity contribution is -0.119. The highest BCUT2D eigenvalue weighted by molar-refractivity contribution is 5.87. The van der Waals surface area contributed by atoms with E-state index >= 15 is 0 Å². The maximum Gasteiger partial charge on any atom is 0.335 e. The minimum absolute atomic E-state index is 0.00470. The molecule has 0 aliphatic carbocycles. The molecule has 1 aromatic carbocycles. The van der Waals surface area contributed by atoms with Gasteiger partial charge in [-0.05, 0) is 25.1 Å². The Hall–Kier alpha value is -1.95. The lowest BCUT2D eigenvalue weighted by Crippen LogP contribution is -2.38. The molecule has 92 valence electrons. The van der Waals surface area contributed by atoms with Crippen molar-refractivity contribution < 1.29 is 19.1 Å². The van der Waals surface area contributed by atoms with E-state index in [2.05, 4.69) is 5.32 Å². The van der Waals surface area contributed by atoms with Crippen molar-refractivity contribution in [2.24, 2.45) is 5.73 Å². The predicted octanol–water partition coefficient (Wildman–Crippen LogP) is 0.487. The zero-order valence-corrected chi connectivity index (χ0v) is 9.24. The molecule has 0 fully saturated rings.